The summed E-state index contributed by atoms with van der Waals surface area (Å²) in [5, 5.41) is 0. The summed E-state index contributed by atoms with van der Waals surface area (Å²) in [5.74, 6) is 1.29. The summed E-state index contributed by atoms with van der Waals surface area (Å²) >= 11 is 1.61. The van der Waals surface area contributed by atoms with Gasteiger partial charge >= 0.3 is 0 Å². The van der Waals surface area contributed by atoms with E-state index in [2.05, 4.69) is 17.6 Å². The smallest absolute Gasteiger partial charge is 0.253 e. The molecule has 0 aliphatic carbocycles. The first-order valence-corrected chi connectivity index (χ1v) is 7.21. The molecule has 1 aromatic carbocycles. The standard InChI is InChI=1S/C14H21NO2S/c1-14(2,3)17-15-13(16)11-18-10-9-12-7-5-4-6-8-12/h4-8H,9-11H2,1-3H3,(H,15,16). The van der Waals surface area contributed by atoms with Gasteiger partial charge in [-0.1, -0.05) is 30.3 Å². The molecule has 0 spiro atoms. The lowest BCUT2D eigenvalue weighted by molar-refractivity contribution is -0.142. The molecule has 1 amide bonds. The Morgan fingerprint density at radius 1 is 1.28 bits per heavy atom. The third-order valence-corrected chi connectivity index (χ3v) is 3.04. The molecule has 0 saturated heterocycles. The Kier molecular flexibility index (Phi) is 6.22. The molecular weight excluding hydrogens is 246 g/mol. The number of amides is 1. The number of hydroxylamine groups is 1. The van der Waals surface area contributed by atoms with Crippen LogP contribution < -0.4 is 5.48 Å². The summed E-state index contributed by atoms with van der Waals surface area (Å²) in [7, 11) is 0. The zero-order valence-corrected chi connectivity index (χ0v) is 12.0. The summed E-state index contributed by atoms with van der Waals surface area (Å²) in [5.41, 5.74) is 3.42. The molecule has 0 aliphatic rings. The van der Waals surface area contributed by atoms with Gasteiger partial charge in [-0.25, -0.2) is 5.48 Å². The van der Waals surface area contributed by atoms with Crippen molar-refractivity contribution in [2.75, 3.05) is 11.5 Å². The van der Waals surface area contributed by atoms with E-state index in [-0.39, 0.29) is 11.5 Å². The molecule has 1 rings (SSSR count). The molecule has 0 aliphatic heterocycles. The van der Waals surface area contributed by atoms with E-state index in [1.807, 2.05) is 39.0 Å². The summed E-state index contributed by atoms with van der Waals surface area (Å²) in [4.78, 5) is 16.6. The highest BCUT2D eigenvalue weighted by molar-refractivity contribution is 7.99. The molecule has 0 aromatic heterocycles. The van der Waals surface area contributed by atoms with Crippen LogP contribution >= 0.6 is 11.8 Å². The van der Waals surface area contributed by atoms with Crippen molar-refractivity contribution in [1.29, 1.82) is 0 Å². The van der Waals surface area contributed by atoms with Crippen LogP contribution in [0.2, 0.25) is 0 Å². The van der Waals surface area contributed by atoms with Crippen LogP contribution in [-0.4, -0.2) is 23.0 Å². The van der Waals surface area contributed by atoms with Gasteiger partial charge in [-0.15, -0.1) is 0 Å². The third kappa shape index (κ3) is 7.35. The van der Waals surface area contributed by atoms with Gasteiger partial charge in [0.15, 0.2) is 0 Å². The average Bonchev–Trinajstić information content (AvgIpc) is 2.33. The fourth-order valence-corrected chi connectivity index (χ4v) is 2.01. The molecule has 4 heteroatoms. The number of carbonyl (C=O) groups excluding carboxylic acids is 1. The molecule has 1 aromatic rings. The maximum absolute atomic E-state index is 11.4. The first-order chi connectivity index (χ1) is 8.47. The molecule has 0 unspecified atom stereocenters. The normalized spacial score (nSPS) is 11.3. The predicted octanol–water partition coefficient (Wildman–Crippen LogP) is 2.81. The molecule has 0 atom stereocenters. The van der Waals surface area contributed by atoms with E-state index in [9.17, 15) is 4.79 Å². The maximum Gasteiger partial charge on any atom is 0.253 e. The van der Waals surface area contributed by atoms with E-state index in [0.29, 0.717) is 5.75 Å². The minimum atomic E-state index is -0.343. The van der Waals surface area contributed by atoms with Gasteiger partial charge in [0.1, 0.15) is 0 Å². The number of benzene rings is 1. The van der Waals surface area contributed by atoms with Crippen molar-refractivity contribution >= 4 is 17.7 Å². The van der Waals surface area contributed by atoms with Crippen LogP contribution in [0.3, 0.4) is 0 Å². The van der Waals surface area contributed by atoms with Gasteiger partial charge in [-0.3, -0.25) is 9.63 Å². The number of rotatable bonds is 6. The number of hydrogen-bond acceptors (Lipinski definition) is 3. The second-order valence-electron chi connectivity index (χ2n) is 5.03. The van der Waals surface area contributed by atoms with Gasteiger partial charge in [0.05, 0.1) is 11.4 Å². The Labute approximate surface area is 113 Å². The van der Waals surface area contributed by atoms with E-state index in [4.69, 9.17) is 4.84 Å². The largest absolute Gasteiger partial charge is 0.272 e. The fourth-order valence-electron chi connectivity index (χ4n) is 1.24. The van der Waals surface area contributed by atoms with Gasteiger partial charge in [0, 0.05) is 0 Å². The second-order valence-corrected chi connectivity index (χ2v) is 6.13. The van der Waals surface area contributed by atoms with E-state index >= 15 is 0 Å². The summed E-state index contributed by atoms with van der Waals surface area (Å²) in [6.07, 6.45) is 0.985. The van der Waals surface area contributed by atoms with Crippen molar-refractivity contribution in [3.05, 3.63) is 35.9 Å². The molecule has 100 valence electrons. The van der Waals surface area contributed by atoms with Gasteiger partial charge in [0.2, 0.25) is 0 Å². The highest BCUT2D eigenvalue weighted by Crippen LogP contribution is 2.07. The average molecular weight is 267 g/mol. The molecule has 1 N–H and O–H groups in total. The highest BCUT2D eigenvalue weighted by atomic mass is 32.2. The zero-order valence-electron chi connectivity index (χ0n) is 11.2. The lowest BCUT2D eigenvalue weighted by atomic mass is 10.2. The van der Waals surface area contributed by atoms with Crippen LogP contribution in [0.1, 0.15) is 26.3 Å². The van der Waals surface area contributed by atoms with Crippen molar-refractivity contribution < 1.29 is 9.63 Å². The first kappa shape index (κ1) is 15.1. The number of nitrogens with one attached hydrogen (secondary N) is 1. The SMILES string of the molecule is CC(C)(C)ONC(=O)CSCCc1ccccc1. The van der Waals surface area contributed by atoms with E-state index in [0.717, 1.165) is 12.2 Å². The molecule has 3 nitrogen and oxygen atoms in total. The second kappa shape index (κ2) is 7.44. The van der Waals surface area contributed by atoms with E-state index < -0.39 is 0 Å². The predicted molar refractivity (Wildman–Crippen MR) is 76.5 cm³/mol. The van der Waals surface area contributed by atoms with Gasteiger partial charge in [-0.05, 0) is 38.5 Å². The minimum Gasteiger partial charge on any atom is -0.272 e. The highest BCUT2D eigenvalue weighted by Gasteiger charge is 2.12. The topological polar surface area (TPSA) is 38.3 Å². The van der Waals surface area contributed by atoms with Crippen molar-refractivity contribution in [2.24, 2.45) is 0 Å². The monoisotopic (exact) mass is 267 g/mol. The summed E-state index contributed by atoms with van der Waals surface area (Å²) in [6, 6.07) is 10.3. The van der Waals surface area contributed by atoms with Crippen LogP contribution in [0.5, 0.6) is 0 Å². The molecule has 0 fully saturated rings. The van der Waals surface area contributed by atoms with Crippen molar-refractivity contribution in [3.8, 4) is 0 Å². The number of aryl methyl sites for hydroxylation is 1. The van der Waals surface area contributed by atoms with Crippen molar-refractivity contribution in [3.63, 3.8) is 0 Å². The molecule has 0 saturated carbocycles. The zero-order chi connectivity index (χ0) is 13.4. The van der Waals surface area contributed by atoms with E-state index in [1.54, 1.807) is 11.8 Å². The van der Waals surface area contributed by atoms with Crippen LogP contribution in [-0.2, 0) is 16.1 Å². The Morgan fingerprint density at radius 3 is 2.56 bits per heavy atom. The van der Waals surface area contributed by atoms with E-state index in [1.165, 1.54) is 5.56 Å². The summed E-state index contributed by atoms with van der Waals surface area (Å²) in [6.45, 7) is 5.70. The Balaban J connectivity index is 2.09. The maximum atomic E-state index is 11.4. The number of carbonyl (C=O) groups is 1. The quantitative estimate of drug-likeness (QED) is 0.636. The first-order valence-electron chi connectivity index (χ1n) is 6.06. The van der Waals surface area contributed by atoms with Crippen LogP contribution in [0.15, 0.2) is 30.3 Å². The van der Waals surface area contributed by atoms with Crippen LogP contribution in [0.25, 0.3) is 0 Å². The van der Waals surface area contributed by atoms with Crippen molar-refractivity contribution in [1.82, 2.24) is 5.48 Å². The molecule has 0 radical (unpaired) electrons. The lowest BCUT2D eigenvalue weighted by Crippen LogP contribution is -2.34. The van der Waals surface area contributed by atoms with Crippen molar-refractivity contribution in [2.45, 2.75) is 32.8 Å². The lowest BCUT2D eigenvalue weighted by Gasteiger charge is -2.18. The van der Waals surface area contributed by atoms with Gasteiger partial charge in [-0.2, -0.15) is 11.8 Å². The summed E-state index contributed by atoms with van der Waals surface area (Å²) < 4.78 is 0. The molecule has 0 bridgehead atoms. The fraction of sp³-hybridized carbons (Fsp3) is 0.500. The Hall–Kier alpha value is -1.00. The van der Waals surface area contributed by atoms with Gasteiger partial charge < -0.3 is 0 Å². The number of thioether (sulfide) groups is 1. The molecular formula is C14H21NO2S. The Morgan fingerprint density at radius 2 is 1.94 bits per heavy atom. The minimum absolute atomic E-state index is 0.0806. The Bertz CT molecular complexity index is 360. The third-order valence-electron chi connectivity index (χ3n) is 2.08. The van der Waals surface area contributed by atoms with Crippen LogP contribution in [0.4, 0.5) is 0 Å². The molecule has 18 heavy (non-hydrogen) atoms. The molecule has 0 heterocycles. The number of hydrogen-bond donors (Lipinski definition) is 1. The van der Waals surface area contributed by atoms with Crippen LogP contribution in [0, 0.1) is 0 Å². The van der Waals surface area contributed by atoms with Gasteiger partial charge in [0.25, 0.3) is 5.91 Å².